The summed E-state index contributed by atoms with van der Waals surface area (Å²) in [5.41, 5.74) is 1.57. The van der Waals surface area contributed by atoms with Crippen LogP contribution in [0.5, 0.6) is 11.5 Å². The minimum absolute atomic E-state index is 0.126. The highest BCUT2D eigenvalue weighted by atomic mass is 35.5. The van der Waals surface area contributed by atoms with Gasteiger partial charge < -0.3 is 14.8 Å². The van der Waals surface area contributed by atoms with Crippen molar-refractivity contribution in [3.8, 4) is 11.5 Å². The summed E-state index contributed by atoms with van der Waals surface area (Å²) in [6, 6.07) is 10.6. The van der Waals surface area contributed by atoms with Crippen molar-refractivity contribution in [2.24, 2.45) is 0 Å². The van der Waals surface area contributed by atoms with E-state index in [0.717, 1.165) is 5.56 Å². The fourth-order valence-electron chi connectivity index (χ4n) is 2.79. The van der Waals surface area contributed by atoms with Crippen molar-refractivity contribution < 1.29 is 14.3 Å². The average molecular weight is 493 g/mol. The molecule has 32 heavy (non-hydrogen) atoms. The zero-order chi connectivity index (χ0) is 23.1. The Bertz CT molecular complexity index is 1120. The van der Waals surface area contributed by atoms with Crippen LogP contribution in [0.4, 0.5) is 5.69 Å². The first-order valence-corrected chi connectivity index (χ1v) is 11.3. The number of nitrogens with zero attached hydrogens (tertiary/aromatic N) is 3. The molecule has 1 heterocycles. The first-order chi connectivity index (χ1) is 15.4. The number of aromatic nitrogens is 3. The number of aryl methyl sites for hydroxylation is 1. The number of nitrogens with one attached hydrogen (secondary N) is 1. The van der Waals surface area contributed by atoms with E-state index in [1.165, 1.54) is 11.8 Å². The number of hydrogen-bond donors (Lipinski definition) is 1. The number of benzene rings is 2. The van der Waals surface area contributed by atoms with Gasteiger partial charge in [0.25, 0.3) is 0 Å². The minimum Gasteiger partial charge on any atom is -0.493 e. The van der Waals surface area contributed by atoms with Crippen LogP contribution in [0.3, 0.4) is 0 Å². The van der Waals surface area contributed by atoms with E-state index in [4.69, 9.17) is 32.7 Å². The Morgan fingerprint density at radius 3 is 2.75 bits per heavy atom. The van der Waals surface area contributed by atoms with Gasteiger partial charge in [0.15, 0.2) is 22.5 Å². The molecule has 0 aliphatic heterocycles. The molecule has 0 bridgehead atoms. The molecule has 2 aromatic carbocycles. The Kier molecular flexibility index (Phi) is 8.44. The van der Waals surface area contributed by atoms with Gasteiger partial charge in [0.2, 0.25) is 5.91 Å². The van der Waals surface area contributed by atoms with E-state index in [2.05, 4.69) is 22.1 Å². The maximum atomic E-state index is 12.4. The first kappa shape index (κ1) is 24.0. The standard InChI is InChI=1S/C22H22Cl2N4O3S/c1-4-9-28-20(12-31-18-8-5-14(2)10-19(18)30-3)26-27-22(28)32-13-21(29)25-17-7-6-15(23)11-16(17)24/h4-8,10-11H,1,9,12-13H2,2-3H3,(H,25,29). The number of thioether (sulfide) groups is 1. The number of anilines is 1. The predicted octanol–water partition coefficient (Wildman–Crippen LogP) is 5.40. The number of hydrogen-bond acceptors (Lipinski definition) is 6. The zero-order valence-corrected chi connectivity index (χ0v) is 19.9. The molecule has 3 aromatic rings. The van der Waals surface area contributed by atoms with Crippen LogP contribution in [-0.2, 0) is 17.9 Å². The predicted molar refractivity (Wildman–Crippen MR) is 128 cm³/mol. The molecule has 0 saturated heterocycles. The number of halogens is 2. The summed E-state index contributed by atoms with van der Waals surface area (Å²) in [6.07, 6.45) is 1.73. The smallest absolute Gasteiger partial charge is 0.234 e. The molecule has 0 aliphatic rings. The third-order valence-electron chi connectivity index (χ3n) is 4.32. The van der Waals surface area contributed by atoms with E-state index in [0.29, 0.717) is 44.8 Å². The van der Waals surface area contributed by atoms with E-state index in [9.17, 15) is 4.79 Å². The van der Waals surface area contributed by atoms with E-state index in [-0.39, 0.29) is 18.3 Å². The second kappa shape index (κ2) is 11.3. The van der Waals surface area contributed by atoms with Crippen molar-refractivity contribution in [3.63, 3.8) is 0 Å². The van der Waals surface area contributed by atoms with Crippen LogP contribution in [0.1, 0.15) is 11.4 Å². The van der Waals surface area contributed by atoms with Crippen molar-refractivity contribution >= 4 is 46.6 Å². The lowest BCUT2D eigenvalue weighted by molar-refractivity contribution is -0.113. The van der Waals surface area contributed by atoms with Crippen molar-refractivity contribution in [2.75, 3.05) is 18.2 Å². The van der Waals surface area contributed by atoms with Crippen LogP contribution in [0.15, 0.2) is 54.2 Å². The zero-order valence-electron chi connectivity index (χ0n) is 17.6. The van der Waals surface area contributed by atoms with Gasteiger partial charge in [0.05, 0.1) is 23.6 Å². The van der Waals surface area contributed by atoms with E-state index in [1.807, 2.05) is 29.7 Å². The Labute approximate surface area is 200 Å². The lowest BCUT2D eigenvalue weighted by Crippen LogP contribution is -2.15. The van der Waals surface area contributed by atoms with Crippen LogP contribution in [0.25, 0.3) is 0 Å². The molecule has 1 aromatic heterocycles. The van der Waals surface area contributed by atoms with Crippen LogP contribution < -0.4 is 14.8 Å². The van der Waals surface area contributed by atoms with Crippen molar-refractivity contribution in [3.05, 3.63) is 70.5 Å². The topological polar surface area (TPSA) is 78.3 Å². The molecule has 0 spiro atoms. The lowest BCUT2D eigenvalue weighted by atomic mass is 10.2. The van der Waals surface area contributed by atoms with Gasteiger partial charge in [-0.05, 0) is 42.8 Å². The molecule has 0 saturated carbocycles. The molecule has 10 heteroatoms. The number of carbonyl (C=O) groups is 1. The van der Waals surface area contributed by atoms with Crippen molar-refractivity contribution in [1.82, 2.24) is 14.8 Å². The Hall–Kier alpha value is -2.68. The summed E-state index contributed by atoms with van der Waals surface area (Å²) in [7, 11) is 1.60. The maximum absolute atomic E-state index is 12.4. The third kappa shape index (κ3) is 6.18. The molecule has 1 N–H and O–H groups in total. The minimum atomic E-state index is -0.227. The molecule has 3 rings (SSSR count). The number of ether oxygens (including phenoxy) is 2. The molecular weight excluding hydrogens is 471 g/mol. The van der Waals surface area contributed by atoms with Crippen LogP contribution >= 0.6 is 35.0 Å². The lowest BCUT2D eigenvalue weighted by Gasteiger charge is -2.12. The second-order valence-corrected chi connectivity index (χ2v) is 8.49. The summed E-state index contributed by atoms with van der Waals surface area (Å²) in [5, 5.41) is 12.6. The second-order valence-electron chi connectivity index (χ2n) is 6.70. The molecule has 0 aliphatic carbocycles. The van der Waals surface area contributed by atoms with Gasteiger partial charge in [-0.2, -0.15) is 0 Å². The van der Waals surface area contributed by atoms with Gasteiger partial charge in [0, 0.05) is 11.6 Å². The number of methoxy groups -OCH3 is 1. The van der Waals surface area contributed by atoms with E-state index in [1.54, 1.807) is 31.4 Å². The fraction of sp³-hybridized carbons (Fsp3) is 0.227. The third-order valence-corrected chi connectivity index (χ3v) is 5.83. The quantitative estimate of drug-likeness (QED) is 0.301. The van der Waals surface area contributed by atoms with Crippen LogP contribution in [0, 0.1) is 6.92 Å². The van der Waals surface area contributed by atoms with E-state index < -0.39 is 0 Å². The number of amides is 1. The Morgan fingerprint density at radius 1 is 1.22 bits per heavy atom. The normalized spacial score (nSPS) is 10.6. The summed E-state index contributed by atoms with van der Waals surface area (Å²) >= 11 is 13.3. The van der Waals surface area contributed by atoms with Gasteiger partial charge in [-0.25, -0.2) is 0 Å². The van der Waals surface area contributed by atoms with Gasteiger partial charge >= 0.3 is 0 Å². The highest BCUT2D eigenvalue weighted by Crippen LogP contribution is 2.29. The molecule has 0 fully saturated rings. The van der Waals surface area contributed by atoms with Gasteiger partial charge in [0.1, 0.15) is 6.61 Å². The van der Waals surface area contributed by atoms with Gasteiger partial charge in [-0.3, -0.25) is 9.36 Å². The van der Waals surface area contributed by atoms with Crippen molar-refractivity contribution in [2.45, 2.75) is 25.2 Å². The summed E-state index contributed by atoms with van der Waals surface area (Å²) in [5.74, 6) is 1.76. The Morgan fingerprint density at radius 2 is 2.03 bits per heavy atom. The first-order valence-electron chi connectivity index (χ1n) is 9.59. The molecule has 7 nitrogen and oxygen atoms in total. The number of carbonyl (C=O) groups excluding carboxylic acids is 1. The Balaban J connectivity index is 1.65. The molecule has 1 amide bonds. The molecule has 0 unspecified atom stereocenters. The monoisotopic (exact) mass is 492 g/mol. The molecule has 0 atom stereocenters. The largest absolute Gasteiger partial charge is 0.493 e. The molecular formula is C22H22Cl2N4O3S. The summed E-state index contributed by atoms with van der Waals surface area (Å²) < 4.78 is 13.1. The highest BCUT2D eigenvalue weighted by Gasteiger charge is 2.16. The summed E-state index contributed by atoms with van der Waals surface area (Å²) in [6.45, 7) is 6.43. The van der Waals surface area contributed by atoms with Gasteiger partial charge in [-0.1, -0.05) is 47.1 Å². The number of rotatable bonds is 10. The fourth-order valence-corrected chi connectivity index (χ4v) is 4.01. The average Bonchev–Trinajstić information content (AvgIpc) is 3.15. The maximum Gasteiger partial charge on any atom is 0.234 e. The SMILES string of the molecule is C=CCn1c(COc2ccc(C)cc2OC)nnc1SCC(=O)Nc1ccc(Cl)cc1Cl. The number of allylic oxidation sites excluding steroid dienone is 1. The highest BCUT2D eigenvalue weighted by molar-refractivity contribution is 7.99. The molecule has 0 radical (unpaired) electrons. The van der Waals surface area contributed by atoms with Crippen LogP contribution in [0.2, 0.25) is 10.0 Å². The van der Waals surface area contributed by atoms with E-state index >= 15 is 0 Å². The van der Waals surface area contributed by atoms with Crippen LogP contribution in [-0.4, -0.2) is 33.5 Å². The van der Waals surface area contributed by atoms with Gasteiger partial charge in [-0.15, -0.1) is 16.8 Å². The summed E-state index contributed by atoms with van der Waals surface area (Å²) in [4.78, 5) is 12.4. The molecule has 168 valence electrons. The van der Waals surface area contributed by atoms with Crippen molar-refractivity contribution in [1.29, 1.82) is 0 Å².